The molecule has 1 aliphatic rings. The average molecular weight is 1260 g/mol. The molecule has 0 radical (unpaired) electrons. The van der Waals surface area contributed by atoms with Gasteiger partial charge in [0.2, 0.25) is 53.2 Å². The van der Waals surface area contributed by atoms with E-state index in [4.69, 9.17) is 9.47 Å². The van der Waals surface area contributed by atoms with E-state index in [1.54, 1.807) is 53.7 Å². The Kier molecular flexibility index (Phi) is 33.8. The van der Waals surface area contributed by atoms with Crippen LogP contribution in [0.2, 0.25) is 0 Å². The minimum Gasteiger partial charge on any atom is -0.450 e. The summed E-state index contributed by atoms with van der Waals surface area (Å²) in [5.41, 5.74) is 0. The van der Waals surface area contributed by atoms with Crippen molar-refractivity contribution in [2.75, 3.05) is 55.9 Å². The molecule has 1 fully saturated rings. The van der Waals surface area contributed by atoms with E-state index < -0.39 is 162 Å². The number of hydrogen-bond donors (Lipinski definition) is 5. The Morgan fingerprint density at radius 3 is 1.31 bits per heavy atom. The van der Waals surface area contributed by atoms with Crippen molar-refractivity contribution in [1.82, 2.24) is 50.7 Å². The fraction of sp³-hybridized carbons (Fsp3) is 0.800. The van der Waals surface area contributed by atoms with Crippen LogP contribution in [-0.2, 0) is 62.2 Å². The SMILES string of the molecule is C/C=C/C[C@@H](C)[C@@H](O)[C@H]1C(=O)N[C@@H]([C@@H](C)OC)C(=O)N(C)CC(=O)N(C)[C@@H](CC(C)C)C(=O)N[C@@H](CC(C)C)C(=O)N(C)[C@@H](CC(C)C)C(=O)N[C@@H](C)C(=O)O[C@H](C(C)C)C(=O)N(C)[C@H](CC(C)C)C(=O)N[C@@H](CC(C)C)C(=O)N(C)[C@@H](C(C)C)C(=O)N1C. The molecule has 13 atom stereocenters. The second-order valence-corrected chi connectivity index (χ2v) is 27.5. The lowest BCUT2D eigenvalue weighted by atomic mass is 9.91. The van der Waals surface area contributed by atoms with Crippen LogP contribution < -0.4 is 21.3 Å². The molecule has 0 spiro atoms. The molecule has 1 saturated heterocycles. The lowest BCUT2D eigenvalue weighted by Gasteiger charge is -2.40. The van der Waals surface area contributed by atoms with Crippen LogP contribution in [0.25, 0.3) is 0 Å². The van der Waals surface area contributed by atoms with Crippen LogP contribution in [0.5, 0.6) is 0 Å². The van der Waals surface area contributed by atoms with Gasteiger partial charge in [-0.05, 0) is 107 Å². The molecule has 510 valence electrons. The Bertz CT molecular complexity index is 2410. The fourth-order valence-electron chi connectivity index (χ4n) is 11.0. The molecular formula is C65H116N10O14. The summed E-state index contributed by atoms with van der Waals surface area (Å²) in [4.78, 5) is 169. The number of aliphatic hydroxyl groups excluding tert-OH is 1. The summed E-state index contributed by atoms with van der Waals surface area (Å²) in [6.45, 7) is 31.0. The highest BCUT2D eigenvalue weighted by Gasteiger charge is 2.46. The maximum absolute atomic E-state index is 15.2. The first-order valence-corrected chi connectivity index (χ1v) is 31.9. The van der Waals surface area contributed by atoms with Gasteiger partial charge >= 0.3 is 5.97 Å². The lowest BCUT2D eigenvalue weighted by Crippen LogP contribution is -2.64. The molecule has 0 aromatic rings. The number of aliphatic hydroxyl groups is 1. The van der Waals surface area contributed by atoms with Crippen molar-refractivity contribution in [3.05, 3.63) is 12.2 Å². The van der Waals surface area contributed by atoms with E-state index in [1.807, 2.05) is 69.2 Å². The second-order valence-electron chi connectivity index (χ2n) is 27.5. The first-order valence-electron chi connectivity index (χ1n) is 31.9. The van der Waals surface area contributed by atoms with Gasteiger partial charge in [-0.15, -0.1) is 0 Å². The van der Waals surface area contributed by atoms with Crippen molar-refractivity contribution in [2.24, 2.45) is 47.3 Å². The maximum atomic E-state index is 15.2. The Balaban J connectivity index is 4.45. The van der Waals surface area contributed by atoms with E-state index in [2.05, 4.69) is 21.3 Å². The summed E-state index contributed by atoms with van der Waals surface area (Å²) in [6, 6.07) is -11.9. The van der Waals surface area contributed by atoms with Crippen LogP contribution >= 0.6 is 0 Å². The van der Waals surface area contributed by atoms with Crippen molar-refractivity contribution in [1.29, 1.82) is 0 Å². The Morgan fingerprint density at radius 1 is 0.506 bits per heavy atom. The van der Waals surface area contributed by atoms with E-state index in [-0.39, 0.29) is 68.1 Å². The molecule has 5 N–H and O–H groups in total. The molecule has 0 bridgehead atoms. The Hall–Kier alpha value is -6.17. The smallest absolute Gasteiger partial charge is 0.329 e. The van der Waals surface area contributed by atoms with Crippen LogP contribution in [0.4, 0.5) is 0 Å². The summed E-state index contributed by atoms with van der Waals surface area (Å²) >= 11 is 0. The predicted octanol–water partition coefficient (Wildman–Crippen LogP) is 4.00. The largest absolute Gasteiger partial charge is 0.450 e. The molecule has 1 rings (SSSR count). The molecule has 0 aliphatic carbocycles. The van der Waals surface area contributed by atoms with Gasteiger partial charge in [-0.2, -0.15) is 0 Å². The Labute approximate surface area is 532 Å². The highest BCUT2D eigenvalue weighted by Crippen LogP contribution is 2.25. The van der Waals surface area contributed by atoms with Gasteiger partial charge in [0, 0.05) is 49.4 Å². The summed E-state index contributed by atoms with van der Waals surface area (Å²) < 4.78 is 11.5. The number of allylic oxidation sites excluding steroid dienone is 2. The number of likely N-dealkylation sites (N-methyl/N-ethyl adjacent to an activating group) is 6. The first kappa shape index (κ1) is 80.8. The van der Waals surface area contributed by atoms with E-state index in [1.165, 1.54) is 82.8 Å². The van der Waals surface area contributed by atoms with Gasteiger partial charge in [0.05, 0.1) is 18.8 Å². The summed E-state index contributed by atoms with van der Waals surface area (Å²) in [5, 5.41) is 23.4. The molecule has 89 heavy (non-hydrogen) atoms. The quantitative estimate of drug-likeness (QED) is 0.0958. The number of ether oxygens (including phenoxy) is 2. The third-order valence-electron chi connectivity index (χ3n) is 16.4. The summed E-state index contributed by atoms with van der Waals surface area (Å²) in [6.07, 6.45) is 0.362. The van der Waals surface area contributed by atoms with Gasteiger partial charge < -0.3 is 65.2 Å². The van der Waals surface area contributed by atoms with Gasteiger partial charge in [0.25, 0.3) is 5.91 Å². The molecule has 0 saturated carbocycles. The molecule has 10 amide bonds. The van der Waals surface area contributed by atoms with Crippen LogP contribution in [0.15, 0.2) is 12.2 Å². The topological polar surface area (TPSA) is 294 Å². The van der Waals surface area contributed by atoms with E-state index in [0.717, 1.165) is 9.80 Å². The second kappa shape index (κ2) is 37.2. The van der Waals surface area contributed by atoms with Crippen molar-refractivity contribution in [3.8, 4) is 0 Å². The minimum atomic E-state index is -1.68. The van der Waals surface area contributed by atoms with Crippen LogP contribution in [-0.4, -0.2) is 228 Å². The van der Waals surface area contributed by atoms with E-state index in [9.17, 15) is 43.5 Å². The normalized spacial score (nSPS) is 26.6. The lowest BCUT2D eigenvalue weighted by molar-refractivity contribution is -0.166. The Morgan fingerprint density at radius 2 is 0.910 bits per heavy atom. The van der Waals surface area contributed by atoms with Crippen LogP contribution in [0.1, 0.15) is 163 Å². The number of nitrogens with one attached hydrogen (secondary N) is 4. The number of esters is 1. The number of amides is 10. The van der Waals surface area contributed by atoms with Gasteiger partial charge in [-0.3, -0.25) is 47.9 Å². The van der Waals surface area contributed by atoms with Crippen molar-refractivity contribution in [2.45, 2.75) is 236 Å². The van der Waals surface area contributed by atoms with E-state index >= 15 is 14.4 Å². The minimum absolute atomic E-state index is 0.0926. The number of cyclic esters (lactones) is 1. The molecular weight excluding hydrogens is 1140 g/mol. The van der Waals surface area contributed by atoms with Gasteiger partial charge in [-0.25, -0.2) is 4.79 Å². The van der Waals surface area contributed by atoms with Gasteiger partial charge in [-0.1, -0.05) is 116 Å². The molecule has 1 aliphatic heterocycles. The van der Waals surface area contributed by atoms with E-state index in [0.29, 0.717) is 0 Å². The molecule has 24 heteroatoms. The van der Waals surface area contributed by atoms with Crippen molar-refractivity contribution < 1.29 is 67.3 Å². The number of carbonyl (C=O) groups excluding carboxylic acids is 11. The molecule has 24 nitrogen and oxygen atoms in total. The molecule has 1 heterocycles. The zero-order valence-corrected chi connectivity index (χ0v) is 58.6. The van der Waals surface area contributed by atoms with Crippen molar-refractivity contribution in [3.63, 3.8) is 0 Å². The number of hydrogen-bond acceptors (Lipinski definition) is 14. The third kappa shape index (κ3) is 23.9. The number of rotatable bonds is 18. The monoisotopic (exact) mass is 1260 g/mol. The molecule has 0 aromatic carbocycles. The first-order chi connectivity index (χ1) is 41.1. The zero-order chi connectivity index (χ0) is 69.0. The highest BCUT2D eigenvalue weighted by molar-refractivity contribution is 5.99. The average Bonchev–Trinajstić information content (AvgIpc) is 3.65. The van der Waals surface area contributed by atoms with Gasteiger partial charge in [0.15, 0.2) is 6.10 Å². The summed E-state index contributed by atoms with van der Waals surface area (Å²) in [5.74, 6) is -11.1. The summed E-state index contributed by atoms with van der Waals surface area (Å²) in [7, 11) is 9.62. The number of methoxy groups -OCH3 is 1. The van der Waals surface area contributed by atoms with Crippen molar-refractivity contribution >= 4 is 65.0 Å². The standard InChI is InChI=1S/C65H116N10O14/c1-26-27-28-42(16)54(77)53-59(81)69-51(44(18)88-25)62(84)70(19)34-50(76)71(20)47(31-37(6)7)57(79)67-45(29-35(2)3)60(82)72(21)48(32-38(8)9)56(78)66-43(17)65(87)89-55(41(14)15)64(86)73(22)49(33-39(10)11)58(80)68-46(30-36(4)5)61(83)74(23)52(40(12)13)63(85)75(53)24/h26-27,35-49,51-55,77H,28-34H2,1-25H3,(H,66,78)(H,67,79)(H,68,80)(H,69,81)/b27-26+/t42-,43+,44-,45+,46+,47+,48+,49-,51+,52+,53+,54-,55-/m1/s1. The molecule has 0 unspecified atom stereocenters. The number of carbonyl (C=O) groups is 11. The van der Waals surface area contributed by atoms with Gasteiger partial charge in [0.1, 0.15) is 54.4 Å². The highest BCUT2D eigenvalue weighted by atomic mass is 16.6. The van der Waals surface area contributed by atoms with Crippen LogP contribution in [0.3, 0.4) is 0 Å². The number of nitrogens with zero attached hydrogens (tertiary/aromatic N) is 6. The molecule has 0 aromatic heterocycles. The predicted molar refractivity (Wildman–Crippen MR) is 342 cm³/mol. The third-order valence-corrected chi connectivity index (χ3v) is 16.4. The maximum Gasteiger partial charge on any atom is 0.329 e. The van der Waals surface area contributed by atoms with Crippen LogP contribution in [0, 0.1) is 47.3 Å². The zero-order valence-electron chi connectivity index (χ0n) is 58.6. The fourth-order valence-corrected chi connectivity index (χ4v) is 11.0.